The minimum absolute atomic E-state index is 0.0412. The quantitative estimate of drug-likeness (QED) is 0.530. The lowest BCUT2D eigenvalue weighted by molar-refractivity contribution is -0.134. The first kappa shape index (κ1) is 15.4. The van der Waals surface area contributed by atoms with E-state index < -0.39 is 17.3 Å². The van der Waals surface area contributed by atoms with Gasteiger partial charge in [-0.25, -0.2) is 4.31 Å². The zero-order valence-corrected chi connectivity index (χ0v) is 12.3. The number of nitrogens with zero attached hydrogens (tertiary/aromatic N) is 2. The van der Waals surface area contributed by atoms with E-state index in [9.17, 15) is 13.6 Å². The number of methoxy groups -OCH3 is 1. The highest BCUT2D eigenvalue weighted by Gasteiger charge is 2.45. The summed E-state index contributed by atoms with van der Waals surface area (Å²) < 4.78 is 29.6. The standard InChI is InChI=1S/C13H20N2O4S/c1-3-7-14-8-10(9-19-2)11-5-4-6-12(13(14)16)15(11)20(17)18/h1,10-12H,4-9H2,2H3,(H,17,18)/p-1/t10-,11+,12?/m1/s1. The van der Waals surface area contributed by atoms with Crippen LogP contribution in [0.3, 0.4) is 0 Å². The van der Waals surface area contributed by atoms with Crippen molar-refractivity contribution in [3.63, 3.8) is 0 Å². The summed E-state index contributed by atoms with van der Waals surface area (Å²) in [6, 6.07) is -0.791. The van der Waals surface area contributed by atoms with Crippen LogP contribution in [-0.4, -0.2) is 62.8 Å². The van der Waals surface area contributed by atoms with E-state index in [1.807, 2.05) is 0 Å². The van der Waals surface area contributed by atoms with Gasteiger partial charge in [-0.15, -0.1) is 6.42 Å². The molecule has 0 aromatic rings. The molecule has 6 nitrogen and oxygen atoms in total. The number of carbonyl (C=O) groups is 1. The lowest BCUT2D eigenvalue weighted by Gasteiger charge is -2.42. The largest absolute Gasteiger partial charge is 0.760 e. The Morgan fingerprint density at radius 2 is 2.30 bits per heavy atom. The van der Waals surface area contributed by atoms with E-state index in [0.29, 0.717) is 19.6 Å². The second-order valence-corrected chi connectivity index (χ2v) is 6.09. The third kappa shape index (κ3) is 2.88. The molecule has 0 spiro atoms. The Bertz CT molecular complexity index is 437. The van der Waals surface area contributed by atoms with Gasteiger partial charge in [-0.2, -0.15) is 0 Å². The molecule has 0 saturated carbocycles. The smallest absolute Gasteiger partial charge is 0.241 e. The second-order valence-electron chi connectivity index (χ2n) is 5.23. The molecule has 0 radical (unpaired) electrons. The van der Waals surface area contributed by atoms with Gasteiger partial charge in [0.15, 0.2) is 0 Å². The minimum Gasteiger partial charge on any atom is -0.760 e. The molecule has 4 atom stereocenters. The summed E-state index contributed by atoms with van der Waals surface area (Å²) in [6.07, 6.45) is 7.48. The predicted octanol–water partition coefficient (Wildman–Crippen LogP) is -0.258. The molecule has 2 heterocycles. The highest BCUT2D eigenvalue weighted by Crippen LogP contribution is 2.33. The van der Waals surface area contributed by atoms with Gasteiger partial charge in [0, 0.05) is 36.9 Å². The van der Waals surface area contributed by atoms with Crippen molar-refractivity contribution in [1.29, 1.82) is 0 Å². The number of fused-ring (bicyclic) bond motifs is 2. The van der Waals surface area contributed by atoms with Crippen LogP contribution in [0.1, 0.15) is 19.3 Å². The molecule has 20 heavy (non-hydrogen) atoms. The third-order valence-corrected chi connectivity index (χ3v) is 4.91. The number of hydrogen-bond donors (Lipinski definition) is 0. The second kappa shape index (κ2) is 6.68. The van der Waals surface area contributed by atoms with Gasteiger partial charge < -0.3 is 14.2 Å². The minimum atomic E-state index is -2.41. The van der Waals surface area contributed by atoms with E-state index in [1.54, 1.807) is 12.0 Å². The van der Waals surface area contributed by atoms with E-state index in [0.717, 1.165) is 12.8 Å². The maximum absolute atomic E-state index is 12.5. The fraction of sp³-hybridized carbons (Fsp3) is 0.769. The van der Waals surface area contributed by atoms with Crippen molar-refractivity contribution in [1.82, 2.24) is 9.21 Å². The van der Waals surface area contributed by atoms with Crippen LogP contribution in [0.5, 0.6) is 0 Å². The van der Waals surface area contributed by atoms with Gasteiger partial charge in [-0.3, -0.25) is 9.00 Å². The monoisotopic (exact) mass is 299 g/mol. The maximum atomic E-state index is 12.5. The molecule has 0 aromatic heterocycles. The summed E-state index contributed by atoms with van der Waals surface area (Å²) in [5.74, 6) is 2.25. The number of carbonyl (C=O) groups excluding carboxylic acids is 1. The van der Waals surface area contributed by atoms with E-state index in [4.69, 9.17) is 11.2 Å². The van der Waals surface area contributed by atoms with Crippen molar-refractivity contribution in [2.75, 3.05) is 26.8 Å². The Kier molecular flexibility index (Phi) is 5.16. The molecule has 0 aromatic carbocycles. The summed E-state index contributed by atoms with van der Waals surface area (Å²) in [4.78, 5) is 14.1. The molecule has 2 aliphatic heterocycles. The Hall–Kier alpha value is -0.940. The van der Waals surface area contributed by atoms with Crippen molar-refractivity contribution < 1.29 is 18.3 Å². The average molecular weight is 299 g/mol. The summed E-state index contributed by atoms with van der Waals surface area (Å²) in [5.41, 5.74) is 0. The molecule has 2 bridgehead atoms. The van der Waals surface area contributed by atoms with E-state index in [1.165, 1.54) is 4.31 Å². The topological polar surface area (TPSA) is 72.9 Å². The van der Waals surface area contributed by atoms with Gasteiger partial charge in [0.05, 0.1) is 13.2 Å². The molecule has 2 fully saturated rings. The SMILES string of the molecule is C#CCN1C[C@H](COC)[C@@H]2CCCC(C1=O)N2S(=O)[O-]. The molecule has 2 saturated heterocycles. The van der Waals surface area contributed by atoms with Crippen LogP contribution in [-0.2, 0) is 20.8 Å². The average Bonchev–Trinajstić information content (AvgIpc) is 2.49. The van der Waals surface area contributed by atoms with Gasteiger partial charge in [0.1, 0.15) is 6.04 Å². The molecular formula is C13H19N2O4S-. The summed E-state index contributed by atoms with van der Waals surface area (Å²) in [7, 11) is 1.58. The van der Waals surface area contributed by atoms with Gasteiger partial charge in [-0.1, -0.05) is 5.92 Å². The number of terminal acetylenes is 1. The predicted molar refractivity (Wildman–Crippen MR) is 73.0 cm³/mol. The van der Waals surface area contributed by atoms with Crippen molar-refractivity contribution in [3.8, 4) is 12.3 Å². The van der Waals surface area contributed by atoms with Crippen molar-refractivity contribution in [2.45, 2.75) is 31.3 Å². The molecule has 2 unspecified atom stereocenters. The Labute approximate surface area is 121 Å². The van der Waals surface area contributed by atoms with Gasteiger partial charge in [0.2, 0.25) is 5.91 Å². The molecular weight excluding hydrogens is 280 g/mol. The normalized spacial score (nSPS) is 32.5. The summed E-state index contributed by atoms with van der Waals surface area (Å²) in [5, 5.41) is 0. The van der Waals surface area contributed by atoms with Crippen LogP contribution in [0.2, 0.25) is 0 Å². The third-order valence-electron chi connectivity index (χ3n) is 4.04. The first-order chi connectivity index (χ1) is 9.60. The number of amides is 1. The number of rotatable bonds is 4. The van der Waals surface area contributed by atoms with Gasteiger partial charge in [0.25, 0.3) is 0 Å². The Morgan fingerprint density at radius 3 is 2.90 bits per heavy atom. The van der Waals surface area contributed by atoms with E-state index >= 15 is 0 Å². The summed E-state index contributed by atoms with van der Waals surface area (Å²) in [6.45, 7) is 1.08. The Balaban J connectivity index is 2.35. The summed E-state index contributed by atoms with van der Waals surface area (Å²) >= 11 is -2.41. The van der Waals surface area contributed by atoms with Crippen LogP contribution < -0.4 is 0 Å². The van der Waals surface area contributed by atoms with Gasteiger partial charge in [-0.05, 0) is 19.3 Å². The molecule has 0 aliphatic carbocycles. The zero-order valence-electron chi connectivity index (χ0n) is 11.5. The molecule has 2 rings (SSSR count). The van der Waals surface area contributed by atoms with Crippen LogP contribution in [0, 0.1) is 18.3 Å². The highest BCUT2D eigenvalue weighted by molar-refractivity contribution is 7.76. The van der Waals surface area contributed by atoms with Crippen LogP contribution >= 0.6 is 0 Å². The molecule has 0 N–H and O–H groups in total. The zero-order chi connectivity index (χ0) is 14.7. The van der Waals surface area contributed by atoms with Crippen LogP contribution in [0.4, 0.5) is 0 Å². The van der Waals surface area contributed by atoms with Crippen molar-refractivity contribution >= 4 is 17.2 Å². The van der Waals surface area contributed by atoms with Crippen molar-refractivity contribution in [3.05, 3.63) is 0 Å². The van der Waals surface area contributed by atoms with Crippen molar-refractivity contribution in [2.24, 2.45) is 5.92 Å². The molecule has 2 aliphatic rings. The Morgan fingerprint density at radius 1 is 1.55 bits per heavy atom. The lowest BCUT2D eigenvalue weighted by atomic mass is 9.91. The van der Waals surface area contributed by atoms with Crippen LogP contribution in [0.15, 0.2) is 0 Å². The number of hydrogen-bond acceptors (Lipinski definition) is 4. The molecule has 1 amide bonds. The first-order valence-corrected chi connectivity index (χ1v) is 7.72. The highest BCUT2D eigenvalue weighted by atomic mass is 32.2. The fourth-order valence-corrected chi connectivity index (χ4v) is 4.13. The van der Waals surface area contributed by atoms with Gasteiger partial charge >= 0.3 is 0 Å². The number of ether oxygens (including phenoxy) is 1. The fourth-order valence-electron chi connectivity index (χ4n) is 3.23. The molecule has 7 heteroatoms. The number of piperidine rings is 1. The van der Waals surface area contributed by atoms with E-state index in [2.05, 4.69) is 5.92 Å². The van der Waals surface area contributed by atoms with E-state index in [-0.39, 0.29) is 24.4 Å². The lowest BCUT2D eigenvalue weighted by Crippen LogP contribution is -2.53. The van der Waals surface area contributed by atoms with Crippen LogP contribution in [0.25, 0.3) is 0 Å². The molecule has 112 valence electrons. The maximum Gasteiger partial charge on any atom is 0.241 e. The first-order valence-electron chi connectivity index (χ1n) is 6.69.